The van der Waals surface area contributed by atoms with Gasteiger partial charge >= 0.3 is 0 Å². The molecule has 18 rings (SSSR count). The molecule has 105 heavy (non-hydrogen) atoms. The van der Waals surface area contributed by atoms with Crippen molar-refractivity contribution in [2.45, 2.75) is 0 Å². The lowest BCUT2D eigenvalue weighted by Gasteiger charge is -2.21. The summed E-state index contributed by atoms with van der Waals surface area (Å²) in [7, 11) is 0. The highest BCUT2D eigenvalue weighted by molar-refractivity contribution is 6.01. The Kier molecular flexibility index (Phi) is 16.9. The first-order valence-electron chi connectivity index (χ1n) is 35.4. The Morgan fingerprint density at radius 3 is 0.648 bits per heavy atom. The topological polar surface area (TPSA) is 82.3 Å². The Balaban J connectivity index is 0.863. The number of aromatic nitrogens is 7. The summed E-state index contributed by atoms with van der Waals surface area (Å²) in [6.45, 7) is 0. The van der Waals surface area contributed by atoms with Crippen molar-refractivity contribution in [2.24, 2.45) is 0 Å². The maximum absolute atomic E-state index is 4.95. The van der Waals surface area contributed by atoms with E-state index in [1.165, 1.54) is 0 Å². The second kappa shape index (κ2) is 28.1. The molecule has 0 N–H and O–H groups in total. The van der Waals surface area contributed by atoms with E-state index in [2.05, 4.69) is 297 Å². The molecular weight excluding hydrogens is 1280 g/mol. The van der Waals surface area contributed by atoms with Gasteiger partial charge in [-0.15, -0.1) is 10.2 Å². The number of hydrogen-bond acceptors (Lipinski definition) is 6. The third-order valence-electron chi connectivity index (χ3n) is 19.8. The molecule has 0 aliphatic heterocycles. The lowest BCUT2D eigenvalue weighted by atomic mass is 9.82. The summed E-state index contributed by atoms with van der Waals surface area (Å²) in [5.74, 6) is 0. The minimum atomic E-state index is 0.831. The van der Waals surface area contributed by atoms with Crippen molar-refractivity contribution in [3.8, 4) is 173 Å². The van der Waals surface area contributed by atoms with Crippen molar-refractivity contribution in [3.05, 3.63) is 395 Å². The number of hydrogen-bond donors (Lipinski definition) is 0. The highest BCUT2D eigenvalue weighted by Gasteiger charge is 2.23. The number of benzene rings is 13. The van der Waals surface area contributed by atoms with Gasteiger partial charge in [-0.25, -0.2) is 0 Å². The number of rotatable bonds is 16. The van der Waals surface area contributed by atoms with E-state index < -0.39 is 0 Å². The molecule has 0 radical (unpaired) electrons. The summed E-state index contributed by atoms with van der Waals surface area (Å²) in [6, 6.07) is 133. The average Bonchev–Trinajstić information content (AvgIpc) is 0.929. The van der Waals surface area contributed by atoms with Crippen molar-refractivity contribution in [1.82, 2.24) is 34.9 Å². The SMILES string of the molecule is c1ccc(-c2ccc(-c3ccccc3-c3cc(-c4ccccc4-c4ccc(-c5ccccn5)cc4)cc(-c4cccc(-c5cc(-c6ccccc6-c6ccc(-c7ccccn7)cc6)cc(-c6ccccc6-c6ccc(-c7ccccn7)cc6)c5)c4-c4ccc(-n5nc6ccccc6n5)cc4)c3)cc2)nc1. The van der Waals surface area contributed by atoms with Gasteiger partial charge in [-0.3, -0.25) is 19.9 Å². The molecule has 0 aliphatic rings. The average molecular weight is 1340 g/mol. The normalized spacial score (nSPS) is 11.2. The van der Waals surface area contributed by atoms with Crippen LogP contribution in [0, 0.1) is 0 Å². The number of pyridine rings is 4. The lowest BCUT2D eigenvalue weighted by molar-refractivity contribution is 0.766. The van der Waals surface area contributed by atoms with Crippen LogP contribution in [0.25, 0.3) is 184 Å². The summed E-state index contributed by atoms with van der Waals surface area (Å²) < 4.78 is 0. The Labute approximate surface area is 610 Å². The minimum absolute atomic E-state index is 0.831. The molecule has 0 aliphatic carbocycles. The Morgan fingerprint density at radius 1 is 0.162 bits per heavy atom. The molecule has 0 fully saturated rings. The van der Waals surface area contributed by atoms with Crippen LogP contribution < -0.4 is 0 Å². The molecule has 0 unspecified atom stereocenters. The zero-order valence-corrected chi connectivity index (χ0v) is 57.2. The van der Waals surface area contributed by atoms with Gasteiger partial charge in [0.1, 0.15) is 11.0 Å². The molecule has 0 saturated heterocycles. The largest absolute Gasteiger partial charge is 0.256 e. The summed E-state index contributed by atoms with van der Waals surface area (Å²) in [5.41, 5.74) is 34.5. The van der Waals surface area contributed by atoms with Crippen LogP contribution >= 0.6 is 0 Å². The summed E-state index contributed by atoms with van der Waals surface area (Å²) in [5, 5.41) is 9.90. The van der Waals surface area contributed by atoms with Crippen molar-refractivity contribution in [1.29, 1.82) is 0 Å². The quantitative estimate of drug-likeness (QED) is 0.0959. The molecule has 0 saturated carbocycles. The van der Waals surface area contributed by atoms with Gasteiger partial charge < -0.3 is 0 Å². The van der Waals surface area contributed by atoms with Gasteiger partial charge in [0.2, 0.25) is 0 Å². The monoisotopic (exact) mass is 1340 g/mol. The molecular formula is C98H65N7. The second-order valence-electron chi connectivity index (χ2n) is 26.2. The Morgan fingerprint density at radius 2 is 0.381 bits per heavy atom. The molecule has 5 aromatic heterocycles. The smallest absolute Gasteiger partial charge is 0.113 e. The van der Waals surface area contributed by atoms with Gasteiger partial charge in [0.15, 0.2) is 0 Å². The summed E-state index contributed by atoms with van der Waals surface area (Å²) in [4.78, 5) is 20.5. The fraction of sp³-hybridized carbons (Fsp3) is 0. The van der Waals surface area contributed by atoms with E-state index in [1.807, 2.05) is 97.6 Å². The first kappa shape index (κ1) is 63.1. The predicted octanol–water partition coefficient (Wildman–Crippen LogP) is 25.0. The lowest BCUT2D eigenvalue weighted by Crippen LogP contribution is -1.99. The van der Waals surface area contributed by atoms with Crippen LogP contribution in [0.2, 0.25) is 0 Å². The molecule has 13 aromatic carbocycles. The van der Waals surface area contributed by atoms with Crippen LogP contribution in [0.1, 0.15) is 0 Å². The van der Waals surface area contributed by atoms with Gasteiger partial charge in [-0.2, -0.15) is 4.80 Å². The Hall–Kier alpha value is -14.1. The highest BCUT2D eigenvalue weighted by Crippen LogP contribution is 2.48. The van der Waals surface area contributed by atoms with E-state index in [0.717, 1.165) is 184 Å². The van der Waals surface area contributed by atoms with E-state index in [-0.39, 0.29) is 0 Å². The first-order chi connectivity index (χ1) is 52.0. The van der Waals surface area contributed by atoms with Crippen LogP contribution in [0.3, 0.4) is 0 Å². The van der Waals surface area contributed by atoms with Crippen LogP contribution in [-0.4, -0.2) is 34.9 Å². The molecule has 492 valence electrons. The maximum atomic E-state index is 4.95. The van der Waals surface area contributed by atoms with Crippen molar-refractivity contribution < 1.29 is 0 Å². The third-order valence-corrected chi connectivity index (χ3v) is 19.8. The van der Waals surface area contributed by atoms with Gasteiger partial charge in [0.25, 0.3) is 0 Å². The van der Waals surface area contributed by atoms with Crippen LogP contribution in [0.15, 0.2) is 395 Å². The predicted molar refractivity (Wildman–Crippen MR) is 432 cm³/mol. The first-order valence-corrected chi connectivity index (χ1v) is 35.4. The van der Waals surface area contributed by atoms with Crippen molar-refractivity contribution in [2.75, 3.05) is 0 Å². The van der Waals surface area contributed by atoms with Crippen molar-refractivity contribution >= 4 is 11.0 Å². The molecule has 7 heteroatoms. The molecule has 0 bridgehead atoms. The summed E-state index contributed by atoms with van der Waals surface area (Å²) in [6.07, 6.45) is 7.39. The fourth-order valence-electron chi connectivity index (χ4n) is 14.6. The van der Waals surface area contributed by atoms with Gasteiger partial charge in [0.05, 0.1) is 28.5 Å². The van der Waals surface area contributed by atoms with Gasteiger partial charge in [0, 0.05) is 47.0 Å². The second-order valence-corrected chi connectivity index (χ2v) is 26.2. The maximum Gasteiger partial charge on any atom is 0.113 e. The van der Waals surface area contributed by atoms with Crippen LogP contribution in [0.5, 0.6) is 0 Å². The fourth-order valence-corrected chi connectivity index (χ4v) is 14.6. The minimum Gasteiger partial charge on any atom is -0.256 e. The Bertz CT molecular complexity index is 5500. The third kappa shape index (κ3) is 12.8. The summed E-state index contributed by atoms with van der Waals surface area (Å²) >= 11 is 0. The van der Waals surface area contributed by atoms with E-state index in [0.29, 0.717) is 0 Å². The zero-order chi connectivity index (χ0) is 69.8. The molecule has 7 nitrogen and oxygen atoms in total. The van der Waals surface area contributed by atoms with Crippen LogP contribution in [-0.2, 0) is 0 Å². The molecule has 18 aromatic rings. The van der Waals surface area contributed by atoms with E-state index in [4.69, 9.17) is 30.1 Å². The molecule has 5 heterocycles. The number of nitrogens with zero attached hydrogens (tertiary/aromatic N) is 7. The molecule has 0 atom stereocenters. The number of fused-ring (bicyclic) bond motifs is 1. The molecule has 0 amide bonds. The molecule has 0 spiro atoms. The van der Waals surface area contributed by atoms with E-state index in [9.17, 15) is 0 Å². The zero-order valence-electron chi connectivity index (χ0n) is 57.2. The highest BCUT2D eigenvalue weighted by atomic mass is 15.5. The van der Waals surface area contributed by atoms with E-state index >= 15 is 0 Å². The van der Waals surface area contributed by atoms with Crippen molar-refractivity contribution in [3.63, 3.8) is 0 Å². The van der Waals surface area contributed by atoms with Gasteiger partial charge in [-0.1, -0.05) is 261 Å². The van der Waals surface area contributed by atoms with Gasteiger partial charge in [-0.05, 0) is 232 Å². The standard InChI is InChI=1S/C98H65N7/c1-5-24-86(82(20-1)66-36-44-70(45-37-66)92-30-11-15-56-99-92)75-60-76(87-25-6-2-21-83(87)67-38-46-71(47-39-67)93-31-12-16-57-100-93)63-79(62-75)90-28-19-29-91(98(90)74-52-54-81(55-53-74)105-103-96-34-9-10-35-97(96)104-105)80-64-77(88-26-7-3-22-84(88)68-40-48-72(49-41-68)94-32-13-17-58-101-94)61-78(65-80)89-27-8-4-23-85(89)69-42-50-73(51-43-69)95-33-14-18-59-102-95/h1-65H. The van der Waals surface area contributed by atoms with E-state index in [1.54, 1.807) is 4.80 Å². The van der Waals surface area contributed by atoms with Crippen LogP contribution in [0.4, 0.5) is 0 Å².